The molecule has 1 aromatic rings. The Labute approximate surface area is 109 Å². The topological polar surface area (TPSA) is 42.2 Å². The molecule has 3 rings (SSSR count). The molecule has 3 nitrogen and oxygen atoms in total. The normalized spacial score (nSPS) is 29.8. The van der Waals surface area contributed by atoms with E-state index in [-0.39, 0.29) is 5.91 Å². The van der Waals surface area contributed by atoms with Gasteiger partial charge in [-0.25, -0.2) is 0 Å². The van der Waals surface area contributed by atoms with E-state index in [4.69, 9.17) is 16.6 Å². The number of thiocarbonyl (C=S) groups is 1. The zero-order valence-corrected chi connectivity index (χ0v) is 10.9. The van der Waals surface area contributed by atoms with E-state index in [9.17, 15) is 4.79 Å². The first-order chi connectivity index (χ1) is 8.13. The van der Waals surface area contributed by atoms with E-state index < -0.39 is 0 Å². The molecule has 1 saturated carbocycles. The van der Waals surface area contributed by atoms with Crippen LogP contribution in [0.3, 0.4) is 0 Å². The summed E-state index contributed by atoms with van der Waals surface area (Å²) < 4.78 is 6.21. The van der Waals surface area contributed by atoms with Crippen LogP contribution in [-0.4, -0.2) is 10.2 Å². The molecule has 17 heavy (non-hydrogen) atoms. The summed E-state index contributed by atoms with van der Waals surface area (Å²) in [4.78, 5) is 12.1. The fourth-order valence-corrected chi connectivity index (χ4v) is 2.94. The van der Waals surface area contributed by atoms with Gasteiger partial charge in [0.25, 0.3) is 5.91 Å². The molecule has 1 aliphatic carbocycles. The molecule has 2 heterocycles. The van der Waals surface area contributed by atoms with Gasteiger partial charge >= 0.3 is 0 Å². The molecular formula is C12H11NO2S2. The summed E-state index contributed by atoms with van der Waals surface area (Å²) in [6, 6.07) is 3.90. The molecule has 1 aromatic heterocycles. The summed E-state index contributed by atoms with van der Waals surface area (Å²) in [5.41, 5.74) is 0. The monoisotopic (exact) mass is 265 g/mol. The molecule has 5 heteroatoms. The summed E-state index contributed by atoms with van der Waals surface area (Å²) in [5, 5.41) is 2.58. The van der Waals surface area contributed by atoms with Gasteiger partial charge in [0.1, 0.15) is 15.8 Å². The maximum atomic E-state index is 11.5. The van der Waals surface area contributed by atoms with E-state index in [1.165, 1.54) is 18.2 Å². The highest BCUT2D eigenvalue weighted by Crippen LogP contribution is 2.47. The average molecular weight is 265 g/mol. The number of thioether (sulfide) groups is 1. The van der Waals surface area contributed by atoms with Crippen LogP contribution in [0.25, 0.3) is 6.08 Å². The molecule has 0 aromatic carbocycles. The summed E-state index contributed by atoms with van der Waals surface area (Å²) in [5.74, 6) is 2.89. The third-order valence-corrected chi connectivity index (χ3v) is 4.20. The van der Waals surface area contributed by atoms with E-state index >= 15 is 0 Å². The molecule has 1 amide bonds. The van der Waals surface area contributed by atoms with Gasteiger partial charge in [0, 0.05) is 12.0 Å². The Morgan fingerprint density at radius 1 is 1.59 bits per heavy atom. The standard InChI is InChI=1S/C12H11NO2S2/c1-6-4-8(6)9-3-2-7(15-9)5-10-11(14)13-12(16)17-10/h2-3,5-6,8H,4H2,1H3,(H,13,14,16)/b10-5-. The van der Waals surface area contributed by atoms with Crippen molar-refractivity contribution in [2.75, 3.05) is 0 Å². The summed E-state index contributed by atoms with van der Waals surface area (Å²) >= 11 is 6.20. The number of hydrogen-bond acceptors (Lipinski definition) is 4. The minimum atomic E-state index is -0.141. The number of amides is 1. The Bertz CT molecular complexity index is 532. The van der Waals surface area contributed by atoms with Crippen LogP contribution in [0.1, 0.15) is 30.8 Å². The minimum Gasteiger partial charge on any atom is -0.461 e. The number of carbonyl (C=O) groups excluding carboxylic acids is 1. The highest BCUT2D eigenvalue weighted by molar-refractivity contribution is 8.26. The second-order valence-corrected chi connectivity index (χ2v) is 6.13. The molecule has 2 atom stereocenters. The maximum Gasteiger partial charge on any atom is 0.263 e. The van der Waals surface area contributed by atoms with Gasteiger partial charge in [-0.15, -0.1) is 0 Å². The van der Waals surface area contributed by atoms with E-state index in [0.717, 1.165) is 17.4 Å². The van der Waals surface area contributed by atoms with Crippen LogP contribution >= 0.6 is 24.0 Å². The van der Waals surface area contributed by atoms with Crippen LogP contribution in [0, 0.1) is 5.92 Å². The van der Waals surface area contributed by atoms with Gasteiger partial charge in [0.05, 0.1) is 4.91 Å². The Kier molecular flexibility index (Phi) is 2.60. The lowest BCUT2D eigenvalue weighted by Gasteiger charge is -1.92. The van der Waals surface area contributed by atoms with Gasteiger partial charge in [0.15, 0.2) is 0 Å². The molecule has 0 spiro atoms. The molecule has 2 fully saturated rings. The molecule has 2 aliphatic rings. The maximum absolute atomic E-state index is 11.5. The lowest BCUT2D eigenvalue weighted by Crippen LogP contribution is -2.17. The van der Waals surface area contributed by atoms with Crippen LogP contribution < -0.4 is 5.32 Å². The quantitative estimate of drug-likeness (QED) is 0.659. The average Bonchev–Trinajstić information content (AvgIpc) is 2.71. The zero-order chi connectivity index (χ0) is 12.0. The smallest absolute Gasteiger partial charge is 0.263 e. The SMILES string of the molecule is CC1CC1c1ccc(/C=C2\SC(=S)NC2=O)o1. The predicted molar refractivity (Wildman–Crippen MR) is 71.5 cm³/mol. The van der Waals surface area contributed by atoms with Gasteiger partial charge in [-0.1, -0.05) is 30.9 Å². The molecular weight excluding hydrogens is 254 g/mol. The van der Waals surface area contributed by atoms with Gasteiger partial charge in [-0.3, -0.25) is 4.79 Å². The largest absolute Gasteiger partial charge is 0.461 e. The minimum absolute atomic E-state index is 0.141. The summed E-state index contributed by atoms with van der Waals surface area (Å²) in [6.45, 7) is 2.21. The number of carbonyl (C=O) groups is 1. The van der Waals surface area contributed by atoms with Crippen molar-refractivity contribution in [1.29, 1.82) is 0 Å². The fourth-order valence-electron chi connectivity index (χ4n) is 1.91. The van der Waals surface area contributed by atoms with Crippen LogP contribution in [0.15, 0.2) is 21.5 Å². The number of nitrogens with one attached hydrogen (secondary N) is 1. The van der Waals surface area contributed by atoms with Crippen molar-refractivity contribution < 1.29 is 9.21 Å². The number of rotatable bonds is 2. The predicted octanol–water partition coefficient (Wildman–Crippen LogP) is 2.89. The van der Waals surface area contributed by atoms with Crippen molar-refractivity contribution in [3.05, 3.63) is 28.6 Å². The molecule has 1 N–H and O–H groups in total. The summed E-state index contributed by atoms with van der Waals surface area (Å²) in [6.07, 6.45) is 2.94. The van der Waals surface area contributed by atoms with Crippen LogP contribution in [0.5, 0.6) is 0 Å². The van der Waals surface area contributed by atoms with E-state index in [0.29, 0.717) is 15.1 Å². The van der Waals surface area contributed by atoms with Crippen molar-refractivity contribution in [3.8, 4) is 0 Å². The highest BCUT2D eigenvalue weighted by Gasteiger charge is 2.36. The summed E-state index contributed by atoms with van der Waals surface area (Å²) in [7, 11) is 0. The van der Waals surface area contributed by atoms with E-state index in [2.05, 4.69) is 12.2 Å². The van der Waals surface area contributed by atoms with Crippen molar-refractivity contribution in [2.24, 2.45) is 5.92 Å². The first-order valence-corrected chi connectivity index (χ1v) is 6.70. The second-order valence-electron chi connectivity index (χ2n) is 4.41. The van der Waals surface area contributed by atoms with Crippen molar-refractivity contribution >= 4 is 40.3 Å². The lowest BCUT2D eigenvalue weighted by atomic mass is 10.3. The molecule has 0 bridgehead atoms. The van der Waals surface area contributed by atoms with Crippen LogP contribution in [-0.2, 0) is 4.79 Å². The first kappa shape index (κ1) is 11.0. The van der Waals surface area contributed by atoms with E-state index in [1.807, 2.05) is 12.1 Å². The Morgan fingerprint density at radius 3 is 2.94 bits per heavy atom. The van der Waals surface area contributed by atoms with Crippen molar-refractivity contribution in [3.63, 3.8) is 0 Å². The Balaban J connectivity index is 1.81. The van der Waals surface area contributed by atoms with Gasteiger partial charge in [-0.05, 0) is 24.5 Å². The molecule has 1 aliphatic heterocycles. The van der Waals surface area contributed by atoms with Gasteiger partial charge in [-0.2, -0.15) is 0 Å². The van der Waals surface area contributed by atoms with Crippen molar-refractivity contribution in [1.82, 2.24) is 5.32 Å². The number of hydrogen-bond donors (Lipinski definition) is 1. The second kappa shape index (κ2) is 3.99. The van der Waals surface area contributed by atoms with Gasteiger partial charge in [0.2, 0.25) is 0 Å². The fraction of sp³-hybridized carbons (Fsp3) is 0.333. The number of furan rings is 1. The Morgan fingerprint density at radius 2 is 2.35 bits per heavy atom. The lowest BCUT2D eigenvalue weighted by molar-refractivity contribution is -0.115. The molecule has 88 valence electrons. The van der Waals surface area contributed by atoms with Crippen LogP contribution in [0.2, 0.25) is 0 Å². The zero-order valence-electron chi connectivity index (χ0n) is 9.23. The molecule has 1 saturated heterocycles. The van der Waals surface area contributed by atoms with E-state index in [1.54, 1.807) is 6.08 Å². The third-order valence-electron chi connectivity index (χ3n) is 3.04. The molecule has 0 radical (unpaired) electrons. The highest BCUT2D eigenvalue weighted by atomic mass is 32.2. The Hall–Kier alpha value is -1.07. The van der Waals surface area contributed by atoms with Crippen LogP contribution in [0.4, 0.5) is 0 Å². The van der Waals surface area contributed by atoms with Crippen molar-refractivity contribution in [2.45, 2.75) is 19.3 Å². The first-order valence-electron chi connectivity index (χ1n) is 5.48. The van der Waals surface area contributed by atoms with Gasteiger partial charge < -0.3 is 9.73 Å². The molecule has 2 unspecified atom stereocenters. The third kappa shape index (κ3) is 2.17.